The number of hydrogen-bond acceptors (Lipinski definition) is 3. The van der Waals surface area contributed by atoms with Gasteiger partial charge in [-0.25, -0.2) is 0 Å². The highest BCUT2D eigenvalue weighted by atomic mass is 15.2. The summed E-state index contributed by atoms with van der Waals surface area (Å²) in [5.41, 5.74) is 9.04. The topological polar surface area (TPSA) is 53.0 Å². The Morgan fingerprint density at radius 2 is 2.06 bits per heavy atom. The third-order valence-corrected chi connectivity index (χ3v) is 3.96. The van der Waals surface area contributed by atoms with Crippen molar-refractivity contribution in [3.05, 3.63) is 23.8 Å². The predicted molar refractivity (Wildman–Crippen MR) is 64.1 cm³/mol. The van der Waals surface area contributed by atoms with E-state index in [1.165, 1.54) is 19.3 Å². The Bertz CT molecular complexity index is 461. The minimum Gasteiger partial charge on any atom is -0.397 e. The van der Waals surface area contributed by atoms with Gasteiger partial charge in [0.25, 0.3) is 0 Å². The summed E-state index contributed by atoms with van der Waals surface area (Å²) in [4.78, 5) is 2.33. The molecular formula is C13H15N3. The fourth-order valence-corrected chi connectivity index (χ4v) is 2.84. The minimum absolute atomic E-state index is 0.611. The third kappa shape index (κ3) is 1.26. The molecule has 16 heavy (non-hydrogen) atoms. The maximum absolute atomic E-state index is 8.77. The molecule has 2 N–H and O–H groups in total. The summed E-state index contributed by atoms with van der Waals surface area (Å²) in [7, 11) is 0. The Balaban J connectivity index is 1.78. The van der Waals surface area contributed by atoms with Crippen LogP contribution in [-0.2, 0) is 0 Å². The van der Waals surface area contributed by atoms with E-state index < -0.39 is 0 Å². The highest BCUT2D eigenvalue weighted by Crippen LogP contribution is 2.50. The van der Waals surface area contributed by atoms with Gasteiger partial charge in [0.15, 0.2) is 0 Å². The molecular weight excluding hydrogens is 198 g/mol. The Hall–Kier alpha value is -1.69. The number of benzene rings is 1. The molecule has 1 aliphatic heterocycles. The van der Waals surface area contributed by atoms with Gasteiger partial charge in [0.1, 0.15) is 0 Å². The zero-order valence-corrected chi connectivity index (χ0v) is 9.24. The fraction of sp³-hybridized carbons (Fsp3) is 0.462. The Kier molecular flexibility index (Phi) is 1.88. The molecule has 1 heterocycles. The van der Waals surface area contributed by atoms with Crippen LogP contribution in [0.4, 0.5) is 11.4 Å². The molecule has 2 aliphatic rings. The lowest BCUT2D eigenvalue weighted by Gasteiger charge is -2.57. The van der Waals surface area contributed by atoms with Gasteiger partial charge in [-0.3, -0.25) is 0 Å². The highest BCUT2D eigenvalue weighted by Gasteiger charge is 2.47. The lowest BCUT2D eigenvalue weighted by molar-refractivity contribution is 0.0905. The molecule has 1 aromatic rings. The number of nitrogens with zero attached hydrogens (tertiary/aromatic N) is 2. The Morgan fingerprint density at radius 3 is 2.56 bits per heavy atom. The standard InChI is InChI=1S/C13H15N3/c14-7-10-2-3-12(11(15)6-10)16-8-13(9-16)4-1-5-13/h2-3,6H,1,4-5,8-9,15H2. The molecule has 1 saturated carbocycles. The Morgan fingerprint density at radius 1 is 1.31 bits per heavy atom. The summed E-state index contributed by atoms with van der Waals surface area (Å²) in [5, 5.41) is 8.77. The molecule has 3 nitrogen and oxygen atoms in total. The first kappa shape index (κ1) is 9.53. The van der Waals surface area contributed by atoms with E-state index in [-0.39, 0.29) is 0 Å². The van der Waals surface area contributed by atoms with Crippen molar-refractivity contribution in [3.63, 3.8) is 0 Å². The largest absolute Gasteiger partial charge is 0.397 e. The molecule has 0 amide bonds. The first-order chi connectivity index (χ1) is 7.72. The molecule has 0 bridgehead atoms. The van der Waals surface area contributed by atoms with Crippen LogP contribution >= 0.6 is 0 Å². The van der Waals surface area contributed by atoms with E-state index in [0.29, 0.717) is 11.0 Å². The van der Waals surface area contributed by atoms with E-state index in [9.17, 15) is 0 Å². The summed E-state index contributed by atoms with van der Waals surface area (Å²) >= 11 is 0. The zero-order chi connectivity index (χ0) is 11.2. The molecule has 0 atom stereocenters. The van der Waals surface area contributed by atoms with Crippen LogP contribution in [0.3, 0.4) is 0 Å². The van der Waals surface area contributed by atoms with Gasteiger partial charge < -0.3 is 10.6 Å². The molecule has 0 radical (unpaired) electrons. The van der Waals surface area contributed by atoms with Crippen molar-refractivity contribution in [3.8, 4) is 6.07 Å². The van der Waals surface area contributed by atoms with Gasteiger partial charge in [0.2, 0.25) is 0 Å². The third-order valence-electron chi connectivity index (χ3n) is 3.96. The van der Waals surface area contributed by atoms with E-state index in [1.54, 1.807) is 6.07 Å². The monoisotopic (exact) mass is 213 g/mol. The van der Waals surface area contributed by atoms with Gasteiger partial charge in [-0.15, -0.1) is 0 Å². The molecule has 3 rings (SSSR count). The van der Waals surface area contributed by atoms with Crippen molar-refractivity contribution < 1.29 is 0 Å². The van der Waals surface area contributed by atoms with Gasteiger partial charge >= 0.3 is 0 Å². The number of nitrogens with two attached hydrogens (primary N) is 1. The van der Waals surface area contributed by atoms with Crippen molar-refractivity contribution in [2.45, 2.75) is 19.3 Å². The molecule has 82 valence electrons. The predicted octanol–water partition coefficient (Wildman–Crippen LogP) is 2.13. The van der Waals surface area contributed by atoms with Crippen molar-refractivity contribution in [2.24, 2.45) is 5.41 Å². The molecule has 1 aromatic carbocycles. The van der Waals surface area contributed by atoms with Crippen LogP contribution in [0.5, 0.6) is 0 Å². The summed E-state index contributed by atoms with van der Waals surface area (Å²) in [6.07, 6.45) is 4.13. The van der Waals surface area contributed by atoms with Crippen LogP contribution in [0.1, 0.15) is 24.8 Å². The molecule has 1 saturated heterocycles. The van der Waals surface area contributed by atoms with E-state index in [1.807, 2.05) is 12.1 Å². The van der Waals surface area contributed by atoms with Crippen LogP contribution in [0, 0.1) is 16.7 Å². The SMILES string of the molecule is N#Cc1ccc(N2CC3(CCC3)C2)c(N)c1. The van der Waals surface area contributed by atoms with Crippen LogP contribution in [0.15, 0.2) is 18.2 Å². The van der Waals surface area contributed by atoms with E-state index in [2.05, 4.69) is 11.0 Å². The van der Waals surface area contributed by atoms with Crippen LogP contribution in [-0.4, -0.2) is 13.1 Å². The van der Waals surface area contributed by atoms with Crippen LogP contribution < -0.4 is 10.6 Å². The van der Waals surface area contributed by atoms with E-state index in [4.69, 9.17) is 11.0 Å². The molecule has 2 fully saturated rings. The van der Waals surface area contributed by atoms with Crippen molar-refractivity contribution >= 4 is 11.4 Å². The summed E-state index contributed by atoms with van der Waals surface area (Å²) in [6, 6.07) is 7.69. The molecule has 0 unspecified atom stereocenters. The minimum atomic E-state index is 0.611. The van der Waals surface area contributed by atoms with Crippen LogP contribution in [0.25, 0.3) is 0 Å². The number of hydrogen-bond donors (Lipinski definition) is 1. The number of nitriles is 1. The zero-order valence-electron chi connectivity index (χ0n) is 9.24. The van der Waals surface area contributed by atoms with Gasteiger partial charge in [-0.2, -0.15) is 5.26 Å². The van der Waals surface area contributed by atoms with Crippen molar-refractivity contribution in [1.29, 1.82) is 5.26 Å². The van der Waals surface area contributed by atoms with E-state index >= 15 is 0 Å². The lowest BCUT2D eigenvalue weighted by atomic mass is 9.63. The Labute approximate surface area is 95.5 Å². The summed E-state index contributed by atoms with van der Waals surface area (Å²) in [6.45, 7) is 2.28. The molecule has 1 aliphatic carbocycles. The number of anilines is 2. The molecule has 0 aromatic heterocycles. The van der Waals surface area contributed by atoms with Gasteiger partial charge in [0.05, 0.1) is 23.0 Å². The number of rotatable bonds is 1. The maximum Gasteiger partial charge on any atom is 0.0992 e. The van der Waals surface area contributed by atoms with Crippen LogP contribution in [0.2, 0.25) is 0 Å². The summed E-state index contributed by atoms with van der Waals surface area (Å²) in [5.74, 6) is 0. The molecule has 3 heteroatoms. The second-order valence-corrected chi connectivity index (χ2v) is 5.10. The van der Waals surface area contributed by atoms with Gasteiger partial charge in [0, 0.05) is 18.5 Å². The smallest absolute Gasteiger partial charge is 0.0992 e. The van der Waals surface area contributed by atoms with Crippen molar-refractivity contribution in [1.82, 2.24) is 0 Å². The second kappa shape index (κ2) is 3.15. The maximum atomic E-state index is 8.77. The van der Waals surface area contributed by atoms with Gasteiger partial charge in [-0.05, 0) is 31.0 Å². The van der Waals surface area contributed by atoms with Crippen molar-refractivity contribution in [2.75, 3.05) is 23.7 Å². The second-order valence-electron chi connectivity index (χ2n) is 5.10. The summed E-state index contributed by atoms with van der Waals surface area (Å²) < 4.78 is 0. The lowest BCUT2D eigenvalue weighted by Crippen LogP contribution is -2.60. The normalized spacial score (nSPS) is 21.1. The van der Waals surface area contributed by atoms with Gasteiger partial charge in [-0.1, -0.05) is 6.42 Å². The first-order valence-corrected chi connectivity index (χ1v) is 5.77. The fourth-order valence-electron chi connectivity index (χ4n) is 2.84. The number of nitrogen functional groups attached to an aromatic ring is 1. The first-order valence-electron chi connectivity index (χ1n) is 5.77. The molecule has 1 spiro atoms. The van der Waals surface area contributed by atoms with E-state index in [0.717, 1.165) is 24.5 Å². The average Bonchev–Trinajstić information content (AvgIpc) is 2.15. The highest BCUT2D eigenvalue weighted by molar-refractivity contribution is 5.71. The quantitative estimate of drug-likeness (QED) is 0.727. The average molecular weight is 213 g/mol.